The zero-order chi connectivity index (χ0) is 16.7. The Bertz CT molecular complexity index is 972. The highest BCUT2D eigenvalue weighted by atomic mass is 32.1. The molecule has 0 aliphatic heterocycles. The maximum Gasteiger partial charge on any atom is 0.271 e. The van der Waals surface area contributed by atoms with Gasteiger partial charge in [0.1, 0.15) is 16.1 Å². The van der Waals surface area contributed by atoms with Gasteiger partial charge in [-0.3, -0.25) is 14.2 Å². The van der Waals surface area contributed by atoms with Crippen LogP contribution in [0.5, 0.6) is 0 Å². The number of amides is 1. The molecular formula is C16H18N4O2S. The summed E-state index contributed by atoms with van der Waals surface area (Å²) < 4.78 is 1.89. The molecule has 0 radical (unpaired) electrons. The second kappa shape index (κ2) is 5.73. The summed E-state index contributed by atoms with van der Waals surface area (Å²) in [7, 11) is 0. The molecule has 23 heavy (non-hydrogen) atoms. The number of hydrogen-bond donors (Lipinski definition) is 1. The molecule has 3 aromatic heterocycles. The van der Waals surface area contributed by atoms with Crippen LogP contribution in [0.25, 0.3) is 20.4 Å². The van der Waals surface area contributed by atoms with Gasteiger partial charge in [0.25, 0.3) is 5.56 Å². The molecule has 0 spiro atoms. The monoisotopic (exact) mass is 330 g/mol. The molecule has 1 N–H and O–H groups in total. The summed E-state index contributed by atoms with van der Waals surface area (Å²) in [6.45, 7) is 7.65. The van der Waals surface area contributed by atoms with Crippen LogP contribution in [0, 0.1) is 13.8 Å². The number of nitrogens with one attached hydrogen (secondary N) is 1. The van der Waals surface area contributed by atoms with E-state index in [9.17, 15) is 9.59 Å². The fourth-order valence-electron chi connectivity index (χ4n) is 2.64. The number of rotatable bonds is 3. The molecule has 3 rings (SSSR count). The Morgan fingerprint density at radius 1 is 1.39 bits per heavy atom. The van der Waals surface area contributed by atoms with E-state index in [-0.39, 0.29) is 24.1 Å². The predicted octanol–water partition coefficient (Wildman–Crippen LogP) is 2.15. The van der Waals surface area contributed by atoms with Crippen molar-refractivity contribution in [2.45, 2.75) is 40.3 Å². The highest BCUT2D eigenvalue weighted by molar-refractivity contribution is 7.25. The van der Waals surface area contributed by atoms with Gasteiger partial charge in [-0.25, -0.2) is 9.97 Å². The van der Waals surface area contributed by atoms with Gasteiger partial charge in [-0.05, 0) is 39.3 Å². The average Bonchev–Trinajstić information content (AvgIpc) is 2.80. The van der Waals surface area contributed by atoms with Crippen molar-refractivity contribution in [3.63, 3.8) is 0 Å². The van der Waals surface area contributed by atoms with Crippen molar-refractivity contribution in [1.29, 1.82) is 0 Å². The number of fused-ring (bicyclic) bond motifs is 3. The molecule has 6 nitrogen and oxygen atoms in total. The molecule has 0 bridgehead atoms. The van der Waals surface area contributed by atoms with Crippen molar-refractivity contribution in [3.8, 4) is 0 Å². The minimum Gasteiger partial charge on any atom is -0.352 e. The van der Waals surface area contributed by atoms with E-state index in [4.69, 9.17) is 0 Å². The number of pyridine rings is 1. The second-order valence-corrected chi connectivity index (χ2v) is 6.94. The van der Waals surface area contributed by atoms with Gasteiger partial charge in [0, 0.05) is 17.1 Å². The van der Waals surface area contributed by atoms with Gasteiger partial charge in [-0.1, -0.05) is 0 Å². The fourth-order valence-corrected chi connectivity index (χ4v) is 3.84. The first-order valence-corrected chi connectivity index (χ1v) is 8.23. The van der Waals surface area contributed by atoms with E-state index in [2.05, 4.69) is 15.3 Å². The highest BCUT2D eigenvalue weighted by Gasteiger charge is 2.16. The van der Waals surface area contributed by atoms with Crippen LogP contribution in [0.4, 0.5) is 0 Å². The lowest BCUT2D eigenvalue weighted by Crippen LogP contribution is -2.35. The molecule has 0 aliphatic carbocycles. The lowest BCUT2D eigenvalue weighted by molar-refractivity contribution is -0.122. The molecule has 0 unspecified atom stereocenters. The van der Waals surface area contributed by atoms with Crippen LogP contribution < -0.4 is 10.9 Å². The molecule has 0 atom stereocenters. The largest absolute Gasteiger partial charge is 0.352 e. The summed E-state index contributed by atoms with van der Waals surface area (Å²) in [4.78, 5) is 34.2. The maximum atomic E-state index is 12.6. The van der Waals surface area contributed by atoms with Crippen LogP contribution in [0.3, 0.4) is 0 Å². The van der Waals surface area contributed by atoms with Crippen LogP contribution in [-0.4, -0.2) is 26.5 Å². The molecule has 0 saturated carbocycles. The van der Waals surface area contributed by atoms with Crippen molar-refractivity contribution in [1.82, 2.24) is 19.9 Å². The Hall–Kier alpha value is -2.28. The van der Waals surface area contributed by atoms with Crippen molar-refractivity contribution >= 4 is 37.7 Å². The molecule has 1 amide bonds. The van der Waals surface area contributed by atoms with Crippen LogP contribution >= 0.6 is 11.3 Å². The topological polar surface area (TPSA) is 76.9 Å². The maximum absolute atomic E-state index is 12.6. The molecule has 0 fully saturated rings. The normalized spacial score (nSPS) is 11.5. The first kappa shape index (κ1) is 15.6. The summed E-state index contributed by atoms with van der Waals surface area (Å²) in [6, 6.07) is 2.02. The Labute approximate surface area is 137 Å². The fraction of sp³-hybridized carbons (Fsp3) is 0.375. The smallest absolute Gasteiger partial charge is 0.271 e. The summed E-state index contributed by atoms with van der Waals surface area (Å²) >= 11 is 1.33. The zero-order valence-corrected chi connectivity index (χ0v) is 14.3. The van der Waals surface area contributed by atoms with Gasteiger partial charge in [-0.2, -0.15) is 0 Å². The van der Waals surface area contributed by atoms with Crippen LogP contribution in [0.1, 0.15) is 25.1 Å². The second-order valence-electron chi connectivity index (χ2n) is 5.94. The van der Waals surface area contributed by atoms with Crippen molar-refractivity contribution in [2.75, 3.05) is 0 Å². The van der Waals surface area contributed by atoms with E-state index in [1.54, 1.807) is 0 Å². The molecule has 3 aromatic rings. The minimum absolute atomic E-state index is 0.0281. The number of hydrogen-bond acceptors (Lipinski definition) is 5. The van der Waals surface area contributed by atoms with Gasteiger partial charge in [0.15, 0.2) is 0 Å². The van der Waals surface area contributed by atoms with Gasteiger partial charge in [0.05, 0.1) is 11.8 Å². The summed E-state index contributed by atoms with van der Waals surface area (Å²) in [6.07, 6.45) is 1.44. The molecule has 120 valence electrons. The third-order valence-corrected chi connectivity index (χ3v) is 4.57. The van der Waals surface area contributed by atoms with E-state index in [1.807, 2.05) is 33.8 Å². The number of thiophene rings is 1. The van der Waals surface area contributed by atoms with E-state index in [1.165, 1.54) is 22.2 Å². The Morgan fingerprint density at radius 3 is 2.83 bits per heavy atom. The van der Waals surface area contributed by atoms with Crippen LogP contribution in [0.2, 0.25) is 0 Å². The Morgan fingerprint density at radius 2 is 2.13 bits per heavy atom. The van der Waals surface area contributed by atoms with Crippen LogP contribution in [-0.2, 0) is 11.3 Å². The number of carbonyl (C=O) groups is 1. The molecule has 0 aliphatic rings. The molecule has 3 heterocycles. The standard InChI is InChI=1S/C16H18N4O2S/c1-8(2)18-11(21)6-20-7-17-13-12-9(3)5-10(4)19-15(12)23-14(13)16(20)22/h5,7-8H,6H2,1-4H3,(H,18,21). The average molecular weight is 330 g/mol. The number of aromatic nitrogens is 3. The van der Waals surface area contributed by atoms with E-state index in [0.717, 1.165) is 21.5 Å². The quantitative estimate of drug-likeness (QED) is 0.798. The van der Waals surface area contributed by atoms with E-state index < -0.39 is 0 Å². The molecule has 0 aromatic carbocycles. The van der Waals surface area contributed by atoms with Crippen molar-refractivity contribution in [3.05, 3.63) is 34.0 Å². The van der Waals surface area contributed by atoms with Gasteiger partial charge < -0.3 is 5.32 Å². The first-order chi connectivity index (χ1) is 10.9. The zero-order valence-electron chi connectivity index (χ0n) is 13.5. The molecule has 0 saturated heterocycles. The number of aryl methyl sites for hydroxylation is 2. The lowest BCUT2D eigenvalue weighted by Gasteiger charge is -2.09. The Balaban J connectivity index is 2.13. The van der Waals surface area contributed by atoms with Crippen molar-refractivity contribution < 1.29 is 4.79 Å². The van der Waals surface area contributed by atoms with Crippen LogP contribution in [0.15, 0.2) is 17.2 Å². The first-order valence-electron chi connectivity index (χ1n) is 7.42. The predicted molar refractivity (Wildman–Crippen MR) is 91.9 cm³/mol. The third kappa shape index (κ3) is 2.84. The van der Waals surface area contributed by atoms with Gasteiger partial charge >= 0.3 is 0 Å². The lowest BCUT2D eigenvalue weighted by atomic mass is 10.1. The third-order valence-electron chi connectivity index (χ3n) is 3.51. The van der Waals surface area contributed by atoms with Gasteiger partial charge in [-0.15, -0.1) is 11.3 Å². The summed E-state index contributed by atoms with van der Waals surface area (Å²) in [5, 5.41) is 3.70. The molecular weight excluding hydrogens is 312 g/mol. The SMILES string of the molecule is Cc1cc(C)c2c(n1)sc1c(=O)n(CC(=O)NC(C)C)cnc12. The summed E-state index contributed by atoms with van der Waals surface area (Å²) in [5.74, 6) is -0.200. The highest BCUT2D eigenvalue weighted by Crippen LogP contribution is 2.31. The number of nitrogens with zero attached hydrogens (tertiary/aromatic N) is 3. The van der Waals surface area contributed by atoms with E-state index >= 15 is 0 Å². The number of carbonyl (C=O) groups excluding carboxylic acids is 1. The summed E-state index contributed by atoms with van der Waals surface area (Å²) in [5.41, 5.74) is 2.44. The van der Waals surface area contributed by atoms with Crippen molar-refractivity contribution in [2.24, 2.45) is 0 Å². The minimum atomic E-state index is -0.200. The Kier molecular flexibility index (Phi) is 3.89. The van der Waals surface area contributed by atoms with Gasteiger partial charge in [0.2, 0.25) is 5.91 Å². The van der Waals surface area contributed by atoms with E-state index in [0.29, 0.717) is 10.2 Å². The molecule has 7 heteroatoms.